The minimum absolute atomic E-state index is 0.204. The van der Waals surface area contributed by atoms with Crippen molar-refractivity contribution < 1.29 is 14.6 Å². The summed E-state index contributed by atoms with van der Waals surface area (Å²) >= 11 is 0. The maximum atomic E-state index is 10.8. The van der Waals surface area contributed by atoms with E-state index in [1.807, 2.05) is 0 Å². The van der Waals surface area contributed by atoms with E-state index in [0.717, 1.165) is 0 Å². The van der Waals surface area contributed by atoms with Crippen LogP contribution >= 0.6 is 0 Å². The first-order chi connectivity index (χ1) is 4.66. The van der Waals surface area contributed by atoms with Crippen LogP contribution in [0.25, 0.3) is 0 Å². The van der Waals surface area contributed by atoms with Gasteiger partial charge in [-0.1, -0.05) is 0 Å². The number of carbonyl (C=O) groups is 1. The molecular weight excluding hydrogens is 132 g/mol. The van der Waals surface area contributed by atoms with Crippen molar-refractivity contribution >= 4 is 5.78 Å². The third-order valence-electron chi connectivity index (χ3n) is 1.30. The second kappa shape index (κ2) is 2.17. The van der Waals surface area contributed by atoms with Gasteiger partial charge in [-0.05, 0) is 19.9 Å². The number of allylic oxidation sites excluding steroid dienone is 2. The maximum absolute atomic E-state index is 10.8. The lowest BCUT2D eigenvalue weighted by Crippen LogP contribution is -1.97. The second-order valence-corrected chi connectivity index (χ2v) is 1.99. The lowest BCUT2D eigenvalue weighted by atomic mass is 10.3. The molecular formula is C7H8O3. The molecule has 0 saturated heterocycles. The minimum atomic E-state index is -0.431. The standard InChI is InChI=1S/C7H8O3/c1-3-5-7(9)6(8)4(2)10-5/h3,8H,1-2H3/b5-3-. The smallest absolute Gasteiger partial charge is 0.265 e. The number of ether oxygens (including phenoxy) is 1. The molecule has 0 unspecified atom stereocenters. The first-order valence-corrected chi connectivity index (χ1v) is 2.95. The van der Waals surface area contributed by atoms with Gasteiger partial charge in [0.25, 0.3) is 5.78 Å². The fourth-order valence-electron chi connectivity index (χ4n) is 0.726. The normalized spacial score (nSPS) is 22.2. The molecule has 10 heavy (non-hydrogen) atoms. The number of aliphatic hydroxyl groups excluding tert-OH is 1. The van der Waals surface area contributed by atoms with Crippen molar-refractivity contribution in [2.75, 3.05) is 0 Å². The summed E-state index contributed by atoms with van der Waals surface area (Å²) in [4.78, 5) is 10.8. The Morgan fingerprint density at radius 1 is 1.60 bits per heavy atom. The van der Waals surface area contributed by atoms with E-state index in [2.05, 4.69) is 0 Å². The molecule has 1 heterocycles. The van der Waals surface area contributed by atoms with Gasteiger partial charge in [-0.25, -0.2) is 0 Å². The second-order valence-electron chi connectivity index (χ2n) is 1.99. The third kappa shape index (κ3) is 0.795. The van der Waals surface area contributed by atoms with Crippen molar-refractivity contribution in [3.05, 3.63) is 23.4 Å². The summed E-state index contributed by atoms with van der Waals surface area (Å²) in [5.74, 6) is -0.235. The molecule has 1 aliphatic rings. The Bertz CT molecular complexity index is 235. The summed E-state index contributed by atoms with van der Waals surface area (Å²) in [6, 6.07) is 0. The molecule has 0 atom stereocenters. The van der Waals surface area contributed by atoms with Crippen molar-refractivity contribution in [3.8, 4) is 0 Å². The molecule has 0 aromatic rings. The Morgan fingerprint density at radius 2 is 2.20 bits per heavy atom. The Hall–Kier alpha value is -1.25. The summed E-state index contributed by atoms with van der Waals surface area (Å²) in [5.41, 5.74) is 0. The van der Waals surface area contributed by atoms with E-state index >= 15 is 0 Å². The zero-order chi connectivity index (χ0) is 7.72. The Kier molecular flexibility index (Phi) is 1.49. The van der Waals surface area contributed by atoms with Gasteiger partial charge in [0.1, 0.15) is 5.76 Å². The number of carbonyl (C=O) groups excluding carboxylic acids is 1. The number of Topliss-reactive ketones (excluding diaryl/α,β-unsaturated/α-hetero) is 1. The Labute approximate surface area is 58.6 Å². The van der Waals surface area contributed by atoms with E-state index in [4.69, 9.17) is 9.84 Å². The molecule has 0 saturated carbocycles. The van der Waals surface area contributed by atoms with Gasteiger partial charge in [0.15, 0.2) is 5.76 Å². The fraction of sp³-hybridized carbons (Fsp3) is 0.286. The van der Waals surface area contributed by atoms with Crippen molar-refractivity contribution in [2.24, 2.45) is 0 Å². The highest BCUT2D eigenvalue weighted by molar-refractivity contribution is 6.07. The van der Waals surface area contributed by atoms with E-state index in [1.54, 1.807) is 13.8 Å². The minimum Gasteiger partial charge on any atom is -0.502 e. The van der Waals surface area contributed by atoms with E-state index in [-0.39, 0.29) is 17.3 Å². The molecule has 0 bridgehead atoms. The van der Waals surface area contributed by atoms with Gasteiger partial charge >= 0.3 is 0 Å². The number of rotatable bonds is 0. The van der Waals surface area contributed by atoms with Crippen LogP contribution in [0.4, 0.5) is 0 Å². The van der Waals surface area contributed by atoms with E-state index in [9.17, 15) is 4.79 Å². The fourth-order valence-corrected chi connectivity index (χ4v) is 0.726. The van der Waals surface area contributed by atoms with Crippen molar-refractivity contribution in [1.82, 2.24) is 0 Å². The molecule has 1 aliphatic heterocycles. The predicted molar refractivity (Wildman–Crippen MR) is 35.2 cm³/mol. The van der Waals surface area contributed by atoms with Gasteiger partial charge in [0.2, 0.25) is 5.76 Å². The highest BCUT2D eigenvalue weighted by Crippen LogP contribution is 2.21. The van der Waals surface area contributed by atoms with Crippen LogP contribution < -0.4 is 0 Å². The number of hydrogen-bond acceptors (Lipinski definition) is 3. The highest BCUT2D eigenvalue weighted by Gasteiger charge is 2.26. The van der Waals surface area contributed by atoms with E-state index < -0.39 is 5.78 Å². The average molecular weight is 140 g/mol. The van der Waals surface area contributed by atoms with E-state index in [1.165, 1.54) is 6.08 Å². The van der Waals surface area contributed by atoms with Crippen LogP contribution in [0.15, 0.2) is 23.4 Å². The molecule has 0 spiro atoms. The molecule has 54 valence electrons. The highest BCUT2D eigenvalue weighted by atomic mass is 16.5. The SMILES string of the molecule is C/C=C1\OC(C)=C(O)C1=O. The first-order valence-electron chi connectivity index (χ1n) is 2.95. The quantitative estimate of drug-likeness (QED) is 0.515. The van der Waals surface area contributed by atoms with Gasteiger partial charge in [-0.2, -0.15) is 0 Å². The molecule has 3 heteroatoms. The molecule has 0 fully saturated rings. The lowest BCUT2D eigenvalue weighted by Gasteiger charge is -1.93. The summed E-state index contributed by atoms with van der Waals surface area (Å²) < 4.78 is 4.88. The molecule has 0 amide bonds. The van der Waals surface area contributed by atoms with Crippen LogP contribution in [-0.4, -0.2) is 10.9 Å². The molecule has 0 radical (unpaired) electrons. The molecule has 0 aromatic heterocycles. The average Bonchev–Trinajstić information content (AvgIpc) is 2.17. The Morgan fingerprint density at radius 3 is 2.40 bits per heavy atom. The number of hydrogen-bond donors (Lipinski definition) is 1. The molecule has 3 nitrogen and oxygen atoms in total. The molecule has 0 aromatic carbocycles. The largest absolute Gasteiger partial charge is 0.502 e. The summed E-state index contributed by atoms with van der Waals surface area (Å²) in [5, 5.41) is 8.93. The first kappa shape index (κ1) is 6.86. The lowest BCUT2D eigenvalue weighted by molar-refractivity contribution is -0.115. The van der Waals surface area contributed by atoms with Gasteiger partial charge in [-0.3, -0.25) is 4.79 Å². The predicted octanol–water partition coefficient (Wildman–Crippen LogP) is 1.28. The summed E-state index contributed by atoms with van der Waals surface area (Å²) in [6.07, 6.45) is 1.52. The molecule has 1 N–H and O–H groups in total. The zero-order valence-electron chi connectivity index (χ0n) is 5.84. The van der Waals surface area contributed by atoms with Crippen LogP contribution in [0.3, 0.4) is 0 Å². The maximum Gasteiger partial charge on any atom is 0.265 e. The van der Waals surface area contributed by atoms with Crippen LogP contribution in [0.1, 0.15) is 13.8 Å². The third-order valence-corrected chi connectivity index (χ3v) is 1.30. The van der Waals surface area contributed by atoms with Gasteiger partial charge in [0, 0.05) is 0 Å². The van der Waals surface area contributed by atoms with Crippen molar-refractivity contribution in [3.63, 3.8) is 0 Å². The zero-order valence-corrected chi connectivity index (χ0v) is 5.84. The Balaban J connectivity index is 2.98. The van der Waals surface area contributed by atoms with Crippen LogP contribution in [0, 0.1) is 0 Å². The van der Waals surface area contributed by atoms with Crippen molar-refractivity contribution in [2.45, 2.75) is 13.8 Å². The van der Waals surface area contributed by atoms with Crippen LogP contribution in [0.2, 0.25) is 0 Å². The van der Waals surface area contributed by atoms with Crippen LogP contribution in [-0.2, 0) is 9.53 Å². The molecule has 0 aliphatic carbocycles. The van der Waals surface area contributed by atoms with Crippen molar-refractivity contribution in [1.29, 1.82) is 0 Å². The monoisotopic (exact) mass is 140 g/mol. The number of ketones is 1. The van der Waals surface area contributed by atoms with Gasteiger partial charge < -0.3 is 9.84 Å². The summed E-state index contributed by atoms with van der Waals surface area (Å²) in [7, 11) is 0. The van der Waals surface area contributed by atoms with Gasteiger partial charge in [0.05, 0.1) is 0 Å². The van der Waals surface area contributed by atoms with E-state index in [0.29, 0.717) is 0 Å². The number of aliphatic hydroxyl groups is 1. The molecule has 1 rings (SSSR count). The van der Waals surface area contributed by atoms with Crippen LogP contribution in [0.5, 0.6) is 0 Å². The van der Waals surface area contributed by atoms with Gasteiger partial charge in [-0.15, -0.1) is 0 Å². The topological polar surface area (TPSA) is 46.5 Å². The summed E-state index contributed by atoms with van der Waals surface area (Å²) in [6.45, 7) is 3.23.